The van der Waals surface area contributed by atoms with E-state index < -0.39 is 46.7 Å². The first kappa shape index (κ1) is 26.7. The van der Waals surface area contributed by atoms with Gasteiger partial charge in [0.05, 0.1) is 23.4 Å². The average molecular weight is 549 g/mol. The van der Waals surface area contributed by atoms with Gasteiger partial charge in [-0.2, -0.15) is 13.2 Å². The number of nitrogens with zero attached hydrogens (tertiary/aromatic N) is 1. The highest BCUT2D eigenvalue weighted by Gasteiger charge is 2.39. The van der Waals surface area contributed by atoms with Gasteiger partial charge in [0, 0.05) is 11.6 Å². The Morgan fingerprint density at radius 3 is 2.37 bits per heavy atom. The van der Waals surface area contributed by atoms with Gasteiger partial charge < -0.3 is 9.47 Å². The van der Waals surface area contributed by atoms with Gasteiger partial charge in [0.25, 0.3) is 11.8 Å². The van der Waals surface area contributed by atoms with E-state index in [4.69, 9.17) is 21.1 Å². The smallest absolute Gasteiger partial charge is 0.416 e. The number of nitrogens with one attached hydrogen (secondary N) is 1. The molecule has 7 nitrogen and oxygen atoms in total. The van der Waals surface area contributed by atoms with Crippen molar-refractivity contribution in [2.24, 2.45) is 0 Å². The first-order valence-electron chi connectivity index (χ1n) is 10.8. The van der Waals surface area contributed by atoms with E-state index in [2.05, 4.69) is 0 Å². The molecule has 4 amide bonds. The van der Waals surface area contributed by atoms with Crippen molar-refractivity contribution >= 4 is 41.2 Å². The zero-order chi connectivity index (χ0) is 27.6. The number of methoxy groups -OCH3 is 1. The maximum atomic E-state index is 13.3. The molecule has 196 valence electrons. The summed E-state index contributed by atoms with van der Waals surface area (Å²) < 4.78 is 64.0. The largest absolute Gasteiger partial charge is 0.497 e. The SMILES string of the molecule is COc1ccc(/C=C2/C(=O)NC(=O)N(c3cc(C(F)(F)F)ccc3Cl)C2=O)c(OCc2ccc(F)cc2)c1. The Morgan fingerprint density at radius 1 is 1.00 bits per heavy atom. The lowest BCUT2D eigenvalue weighted by Gasteiger charge is -2.27. The van der Waals surface area contributed by atoms with Gasteiger partial charge in [0.15, 0.2) is 0 Å². The second kappa shape index (κ2) is 10.5. The van der Waals surface area contributed by atoms with Crippen LogP contribution in [0, 0.1) is 5.82 Å². The molecule has 4 rings (SSSR count). The average Bonchev–Trinajstić information content (AvgIpc) is 2.86. The Morgan fingerprint density at radius 2 is 1.71 bits per heavy atom. The highest BCUT2D eigenvalue weighted by Crippen LogP contribution is 2.37. The fraction of sp³-hybridized carbons (Fsp3) is 0.115. The molecule has 1 N–H and O–H groups in total. The Hall–Kier alpha value is -4.38. The Balaban J connectivity index is 1.72. The van der Waals surface area contributed by atoms with Gasteiger partial charge in [-0.15, -0.1) is 0 Å². The summed E-state index contributed by atoms with van der Waals surface area (Å²) >= 11 is 6.02. The minimum atomic E-state index is -4.77. The van der Waals surface area contributed by atoms with Crippen molar-refractivity contribution in [1.29, 1.82) is 0 Å². The number of barbiturate groups is 1. The van der Waals surface area contributed by atoms with Gasteiger partial charge in [-0.1, -0.05) is 23.7 Å². The van der Waals surface area contributed by atoms with Crippen molar-refractivity contribution in [2.45, 2.75) is 12.8 Å². The number of alkyl halides is 3. The van der Waals surface area contributed by atoms with Crippen LogP contribution in [0.4, 0.5) is 28.0 Å². The van der Waals surface area contributed by atoms with Gasteiger partial charge in [0.1, 0.15) is 29.5 Å². The number of ether oxygens (including phenoxy) is 2. The van der Waals surface area contributed by atoms with Gasteiger partial charge >= 0.3 is 12.2 Å². The third-order valence-corrected chi connectivity index (χ3v) is 5.76. The number of halogens is 5. The summed E-state index contributed by atoms with van der Waals surface area (Å²) in [5.74, 6) is -2.14. The van der Waals surface area contributed by atoms with Crippen LogP contribution in [0.5, 0.6) is 11.5 Å². The van der Waals surface area contributed by atoms with E-state index in [1.165, 1.54) is 49.6 Å². The van der Waals surface area contributed by atoms with Crippen LogP contribution in [0.1, 0.15) is 16.7 Å². The number of rotatable bonds is 6. The van der Waals surface area contributed by atoms with E-state index in [1.807, 2.05) is 5.32 Å². The molecular weight excluding hydrogens is 532 g/mol. The number of amides is 4. The van der Waals surface area contributed by atoms with Crippen LogP contribution in [0.2, 0.25) is 5.02 Å². The number of hydrogen-bond donors (Lipinski definition) is 1. The number of carbonyl (C=O) groups is 3. The Bertz CT molecular complexity index is 1450. The number of benzene rings is 3. The summed E-state index contributed by atoms with van der Waals surface area (Å²) in [6.45, 7) is -0.00574. The normalized spacial score (nSPS) is 15.1. The van der Waals surface area contributed by atoms with Crippen molar-refractivity contribution < 1.29 is 41.4 Å². The third-order valence-electron chi connectivity index (χ3n) is 5.44. The number of hydrogen-bond acceptors (Lipinski definition) is 5. The quantitative estimate of drug-likeness (QED) is 0.241. The van der Waals surface area contributed by atoms with Crippen molar-refractivity contribution in [3.8, 4) is 11.5 Å². The molecule has 1 saturated heterocycles. The molecule has 0 bridgehead atoms. The predicted octanol–water partition coefficient (Wildman–Crippen LogP) is 5.75. The summed E-state index contributed by atoms with van der Waals surface area (Å²) in [5.41, 5.74) is -1.42. The van der Waals surface area contributed by atoms with Crippen molar-refractivity contribution in [3.05, 3.63) is 93.8 Å². The minimum absolute atomic E-state index is 0.00574. The van der Waals surface area contributed by atoms with Crippen molar-refractivity contribution in [3.63, 3.8) is 0 Å². The predicted molar refractivity (Wildman–Crippen MR) is 129 cm³/mol. The van der Waals surface area contributed by atoms with Crippen LogP contribution in [0.25, 0.3) is 6.08 Å². The topological polar surface area (TPSA) is 84.9 Å². The molecule has 12 heteroatoms. The van der Waals surface area contributed by atoms with E-state index in [-0.39, 0.29) is 22.9 Å². The number of carbonyl (C=O) groups excluding carboxylic acids is 3. The first-order chi connectivity index (χ1) is 18.0. The van der Waals surface area contributed by atoms with Gasteiger partial charge in [-0.05, 0) is 54.1 Å². The first-order valence-corrected chi connectivity index (χ1v) is 11.2. The zero-order valence-corrected chi connectivity index (χ0v) is 20.2. The van der Waals surface area contributed by atoms with Crippen LogP contribution in [0.3, 0.4) is 0 Å². The molecular formula is C26H17ClF4N2O5. The summed E-state index contributed by atoms with van der Waals surface area (Å²) in [4.78, 5) is 38.7. The minimum Gasteiger partial charge on any atom is -0.497 e. The molecule has 0 spiro atoms. The fourth-order valence-electron chi connectivity index (χ4n) is 3.52. The standard InChI is InChI=1S/C26H17ClF4N2O5/c1-37-18-8-4-15(22(12-18)38-13-14-2-6-17(28)7-3-14)10-19-23(34)32-25(36)33(24(19)35)21-11-16(26(29,30)31)5-9-20(21)27/h2-12H,13H2,1H3,(H,32,34,36)/b19-10-. The second-order valence-electron chi connectivity index (χ2n) is 7.94. The molecule has 3 aromatic rings. The van der Waals surface area contributed by atoms with Gasteiger partial charge in [0.2, 0.25) is 0 Å². The molecule has 38 heavy (non-hydrogen) atoms. The van der Waals surface area contributed by atoms with Crippen molar-refractivity contribution in [1.82, 2.24) is 5.32 Å². The maximum absolute atomic E-state index is 13.3. The van der Waals surface area contributed by atoms with E-state index in [0.717, 1.165) is 12.1 Å². The highest BCUT2D eigenvalue weighted by atomic mass is 35.5. The molecule has 3 aromatic carbocycles. The monoisotopic (exact) mass is 548 g/mol. The summed E-state index contributed by atoms with van der Waals surface area (Å²) in [5, 5.41) is 1.62. The van der Waals surface area contributed by atoms with Crippen LogP contribution >= 0.6 is 11.6 Å². The second-order valence-corrected chi connectivity index (χ2v) is 8.35. The Kier molecular flexibility index (Phi) is 7.40. The van der Waals surface area contributed by atoms with E-state index in [0.29, 0.717) is 28.3 Å². The molecule has 1 fully saturated rings. The summed E-state index contributed by atoms with van der Waals surface area (Å²) in [7, 11) is 1.41. The molecule has 0 saturated carbocycles. The maximum Gasteiger partial charge on any atom is 0.416 e. The summed E-state index contributed by atoms with van der Waals surface area (Å²) in [6.07, 6.45) is -3.65. The number of imide groups is 2. The molecule has 0 aromatic heterocycles. The molecule has 0 aliphatic carbocycles. The molecule has 1 aliphatic heterocycles. The molecule has 0 atom stereocenters. The molecule has 1 aliphatic rings. The number of anilines is 1. The van der Waals surface area contributed by atoms with Crippen LogP contribution in [0.15, 0.2) is 66.2 Å². The van der Waals surface area contributed by atoms with E-state index in [1.54, 1.807) is 0 Å². The molecule has 1 heterocycles. The number of urea groups is 1. The summed E-state index contributed by atoms with van der Waals surface area (Å²) in [6, 6.07) is 10.9. The van der Waals surface area contributed by atoms with Crippen molar-refractivity contribution in [2.75, 3.05) is 12.0 Å². The van der Waals surface area contributed by atoms with E-state index >= 15 is 0 Å². The lowest BCUT2D eigenvalue weighted by atomic mass is 10.0. The van der Waals surface area contributed by atoms with Gasteiger partial charge in [-0.3, -0.25) is 14.9 Å². The van der Waals surface area contributed by atoms with E-state index in [9.17, 15) is 31.9 Å². The molecule has 0 radical (unpaired) electrons. The fourth-order valence-corrected chi connectivity index (χ4v) is 3.72. The molecule has 0 unspecified atom stereocenters. The zero-order valence-electron chi connectivity index (χ0n) is 19.4. The van der Waals surface area contributed by atoms with Gasteiger partial charge in [-0.25, -0.2) is 14.1 Å². The van der Waals surface area contributed by atoms with Crippen LogP contribution in [-0.2, 0) is 22.4 Å². The highest BCUT2D eigenvalue weighted by molar-refractivity contribution is 6.42. The Labute approximate surface area is 218 Å². The van der Waals surface area contributed by atoms with Crippen LogP contribution in [-0.4, -0.2) is 25.0 Å². The third kappa shape index (κ3) is 5.62. The lowest BCUT2D eigenvalue weighted by Crippen LogP contribution is -2.54. The lowest BCUT2D eigenvalue weighted by molar-refractivity contribution is -0.137. The van der Waals surface area contributed by atoms with Crippen LogP contribution < -0.4 is 19.7 Å².